The van der Waals surface area contributed by atoms with Gasteiger partial charge in [0.1, 0.15) is 11.3 Å². The molecule has 0 bridgehead atoms. The van der Waals surface area contributed by atoms with Crippen molar-refractivity contribution in [1.82, 2.24) is 0 Å². The summed E-state index contributed by atoms with van der Waals surface area (Å²) in [4.78, 5) is 23.0. The molecule has 1 atom stereocenters. The SMILES string of the molecule is Cc1c(OC(C)C(=O)O)ccc2c1oc(=O)c1ccccc12. The van der Waals surface area contributed by atoms with Gasteiger partial charge >= 0.3 is 11.6 Å². The molecular weight excluding hydrogens is 284 g/mol. The molecule has 0 aliphatic rings. The summed E-state index contributed by atoms with van der Waals surface area (Å²) in [6.07, 6.45) is -0.983. The number of carboxylic acids is 1. The van der Waals surface area contributed by atoms with Crippen LogP contribution in [0.1, 0.15) is 12.5 Å². The normalized spacial score (nSPS) is 12.5. The van der Waals surface area contributed by atoms with Gasteiger partial charge in [-0.1, -0.05) is 18.2 Å². The molecule has 112 valence electrons. The highest BCUT2D eigenvalue weighted by Crippen LogP contribution is 2.31. The van der Waals surface area contributed by atoms with E-state index in [2.05, 4.69) is 0 Å². The lowest BCUT2D eigenvalue weighted by Crippen LogP contribution is -2.23. The molecule has 0 aliphatic heterocycles. The minimum Gasteiger partial charge on any atom is -0.479 e. The first kappa shape index (κ1) is 14.1. The molecule has 0 fully saturated rings. The number of hydrogen-bond donors (Lipinski definition) is 1. The first-order chi connectivity index (χ1) is 10.5. The summed E-state index contributed by atoms with van der Waals surface area (Å²) >= 11 is 0. The minimum atomic E-state index is -1.06. The van der Waals surface area contributed by atoms with E-state index in [1.165, 1.54) is 6.92 Å². The Hall–Kier alpha value is -2.82. The van der Waals surface area contributed by atoms with Crippen LogP contribution in [-0.2, 0) is 4.79 Å². The minimum absolute atomic E-state index is 0.390. The average molecular weight is 298 g/mol. The fraction of sp³-hybridized carbons (Fsp3) is 0.176. The van der Waals surface area contributed by atoms with Gasteiger partial charge in [-0.15, -0.1) is 0 Å². The number of carboxylic acid groups (broad SMARTS) is 1. The lowest BCUT2D eigenvalue weighted by atomic mass is 10.0. The third-order valence-electron chi connectivity index (χ3n) is 3.64. The number of aryl methyl sites for hydroxylation is 1. The van der Waals surface area contributed by atoms with Gasteiger partial charge in [0.25, 0.3) is 0 Å². The summed E-state index contributed by atoms with van der Waals surface area (Å²) in [6, 6.07) is 10.7. The lowest BCUT2D eigenvalue weighted by molar-refractivity contribution is -0.144. The van der Waals surface area contributed by atoms with Crippen molar-refractivity contribution in [2.45, 2.75) is 20.0 Å². The van der Waals surface area contributed by atoms with Crippen LogP contribution in [0.3, 0.4) is 0 Å². The molecule has 0 saturated carbocycles. The fourth-order valence-corrected chi connectivity index (χ4v) is 2.43. The van der Waals surface area contributed by atoms with E-state index in [1.54, 1.807) is 31.2 Å². The Labute approximate surface area is 125 Å². The molecular formula is C17H14O5. The zero-order valence-corrected chi connectivity index (χ0v) is 12.1. The van der Waals surface area contributed by atoms with E-state index in [4.69, 9.17) is 14.3 Å². The number of ether oxygens (including phenoxy) is 1. The van der Waals surface area contributed by atoms with Crippen LogP contribution >= 0.6 is 0 Å². The zero-order chi connectivity index (χ0) is 15.9. The highest BCUT2D eigenvalue weighted by atomic mass is 16.5. The van der Waals surface area contributed by atoms with E-state index >= 15 is 0 Å². The molecule has 0 amide bonds. The first-order valence-electron chi connectivity index (χ1n) is 6.83. The molecule has 0 saturated heterocycles. The molecule has 1 N–H and O–H groups in total. The Bertz CT molecular complexity index is 939. The average Bonchev–Trinajstić information content (AvgIpc) is 2.51. The molecule has 3 rings (SSSR count). The molecule has 5 heteroatoms. The van der Waals surface area contributed by atoms with E-state index in [-0.39, 0.29) is 0 Å². The molecule has 3 aromatic rings. The largest absolute Gasteiger partial charge is 0.479 e. The van der Waals surface area contributed by atoms with Crippen LogP contribution in [0.4, 0.5) is 0 Å². The van der Waals surface area contributed by atoms with Crippen molar-refractivity contribution >= 4 is 27.7 Å². The predicted molar refractivity (Wildman–Crippen MR) is 82.5 cm³/mol. The van der Waals surface area contributed by atoms with Crippen LogP contribution in [0.15, 0.2) is 45.6 Å². The van der Waals surface area contributed by atoms with Gasteiger partial charge in [0, 0.05) is 10.9 Å². The molecule has 0 aliphatic carbocycles. The van der Waals surface area contributed by atoms with E-state index < -0.39 is 17.7 Å². The van der Waals surface area contributed by atoms with E-state index in [9.17, 15) is 9.59 Å². The maximum absolute atomic E-state index is 12.1. The van der Waals surface area contributed by atoms with Gasteiger partial charge in [-0.05, 0) is 37.4 Å². The number of fused-ring (bicyclic) bond motifs is 3. The first-order valence-corrected chi connectivity index (χ1v) is 6.83. The van der Waals surface area contributed by atoms with Crippen molar-refractivity contribution in [3.8, 4) is 5.75 Å². The summed E-state index contributed by atoms with van der Waals surface area (Å²) in [5.74, 6) is -0.666. The van der Waals surface area contributed by atoms with Crippen molar-refractivity contribution in [1.29, 1.82) is 0 Å². The molecule has 22 heavy (non-hydrogen) atoms. The Kier molecular flexibility index (Phi) is 3.33. The number of rotatable bonds is 3. The highest BCUT2D eigenvalue weighted by molar-refractivity contribution is 6.05. The quantitative estimate of drug-likeness (QED) is 0.594. The third-order valence-corrected chi connectivity index (χ3v) is 3.64. The van der Waals surface area contributed by atoms with Crippen LogP contribution in [0.5, 0.6) is 5.75 Å². The topological polar surface area (TPSA) is 76.7 Å². The molecule has 0 spiro atoms. The van der Waals surface area contributed by atoms with Gasteiger partial charge in [0.2, 0.25) is 0 Å². The Morgan fingerprint density at radius 2 is 1.82 bits per heavy atom. The van der Waals surface area contributed by atoms with E-state index in [1.807, 2.05) is 12.1 Å². The monoisotopic (exact) mass is 298 g/mol. The third kappa shape index (κ3) is 2.20. The van der Waals surface area contributed by atoms with Gasteiger partial charge < -0.3 is 14.3 Å². The second-order valence-corrected chi connectivity index (χ2v) is 5.10. The van der Waals surface area contributed by atoms with Gasteiger partial charge in [-0.3, -0.25) is 0 Å². The van der Waals surface area contributed by atoms with Crippen LogP contribution < -0.4 is 10.4 Å². The Morgan fingerprint density at radius 1 is 1.14 bits per heavy atom. The van der Waals surface area contributed by atoms with Crippen LogP contribution in [-0.4, -0.2) is 17.2 Å². The van der Waals surface area contributed by atoms with Gasteiger partial charge in [0.05, 0.1) is 5.39 Å². The molecule has 1 unspecified atom stereocenters. The van der Waals surface area contributed by atoms with Crippen molar-refractivity contribution in [2.75, 3.05) is 0 Å². The predicted octanol–water partition coefficient (Wildman–Crippen LogP) is 3.11. The number of carbonyl (C=O) groups is 1. The number of aliphatic carboxylic acids is 1. The second kappa shape index (κ2) is 5.18. The second-order valence-electron chi connectivity index (χ2n) is 5.10. The van der Waals surface area contributed by atoms with E-state index in [0.717, 1.165) is 10.8 Å². The van der Waals surface area contributed by atoms with Gasteiger partial charge in [0.15, 0.2) is 6.10 Å². The maximum atomic E-state index is 12.1. The van der Waals surface area contributed by atoms with E-state index in [0.29, 0.717) is 22.3 Å². The number of benzene rings is 2. The summed E-state index contributed by atoms with van der Waals surface area (Å²) in [7, 11) is 0. The molecule has 1 heterocycles. The fourth-order valence-electron chi connectivity index (χ4n) is 2.43. The summed E-state index contributed by atoms with van der Waals surface area (Å²) in [6.45, 7) is 3.19. The van der Waals surface area contributed by atoms with Crippen LogP contribution in [0.2, 0.25) is 0 Å². The van der Waals surface area contributed by atoms with Crippen LogP contribution in [0.25, 0.3) is 21.7 Å². The van der Waals surface area contributed by atoms with Crippen molar-refractivity contribution in [3.05, 3.63) is 52.4 Å². The highest BCUT2D eigenvalue weighted by Gasteiger charge is 2.17. The molecule has 1 aromatic heterocycles. The van der Waals surface area contributed by atoms with Crippen molar-refractivity contribution < 1.29 is 19.1 Å². The summed E-state index contributed by atoms with van der Waals surface area (Å²) < 4.78 is 10.8. The lowest BCUT2D eigenvalue weighted by Gasteiger charge is -2.14. The van der Waals surface area contributed by atoms with Crippen LogP contribution in [0, 0.1) is 6.92 Å². The van der Waals surface area contributed by atoms with Crippen molar-refractivity contribution in [2.24, 2.45) is 0 Å². The molecule has 0 radical (unpaired) electrons. The summed E-state index contributed by atoms with van der Waals surface area (Å²) in [5.41, 5.74) is 0.599. The van der Waals surface area contributed by atoms with Crippen molar-refractivity contribution in [3.63, 3.8) is 0 Å². The smallest absolute Gasteiger partial charge is 0.344 e. The zero-order valence-electron chi connectivity index (χ0n) is 12.1. The van der Waals surface area contributed by atoms with Gasteiger partial charge in [-0.25, -0.2) is 9.59 Å². The molecule has 2 aromatic carbocycles. The number of hydrogen-bond acceptors (Lipinski definition) is 4. The van der Waals surface area contributed by atoms with Gasteiger partial charge in [-0.2, -0.15) is 0 Å². The Balaban J connectivity index is 2.26. The standard InChI is InChI=1S/C17H14O5/c1-9-14(21-10(2)16(18)19)8-7-12-11-5-3-4-6-13(11)17(20)22-15(9)12/h3-8,10H,1-2H3,(H,18,19). The summed E-state index contributed by atoms with van der Waals surface area (Å²) in [5, 5.41) is 11.0. The molecule has 5 nitrogen and oxygen atoms in total. The maximum Gasteiger partial charge on any atom is 0.344 e. The Morgan fingerprint density at radius 3 is 2.50 bits per heavy atom.